The van der Waals surface area contributed by atoms with Crippen LogP contribution >= 0.6 is 23.1 Å². The van der Waals surface area contributed by atoms with Gasteiger partial charge in [-0.05, 0) is 12.1 Å². The molecule has 0 amide bonds. The molecule has 1 heterocycles. The van der Waals surface area contributed by atoms with Gasteiger partial charge >= 0.3 is 0 Å². The van der Waals surface area contributed by atoms with Crippen LogP contribution in [0.1, 0.15) is 5.56 Å². The van der Waals surface area contributed by atoms with Crippen molar-refractivity contribution < 1.29 is 22.0 Å². The van der Waals surface area contributed by atoms with Gasteiger partial charge in [-0.2, -0.15) is 0 Å². The minimum atomic E-state index is -2.15. The van der Waals surface area contributed by atoms with E-state index >= 15 is 0 Å². The topological polar surface area (TPSA) is 12.9 Å². The summed E-state index contributed by atoms with van der Waals surface area (Å²) in [5, 5.41) is 0. The first kappa shape index (κ1) is 15.2. The van der Waals surface area contributed by atoms with Crippen molar-refractivity contribution in [1.82, 2.24) is 4.98 Å². The van der Waals surface area contributed by atoms with E-state index in [4.69, 9.17) is 0 Å². The summed E-state index contributed by atoms with van der Waals surface area (Å²) in [6, 6.07) is 7.21. The Labute approximate surface area is 129 Å². The molecule has 0 aliphatic rings. The van der Waals surface area contributed by atoms with Gasteiger partial charge in [0.15, 0.2) is 27.6 Å². The lowest BCUT2D eigenvalue weighted by Crippen LogP contribution is -2.06. The fourth-order valence-electron chi connectivity index (χ4n) is 1.82. The standard InChI is InChI=1S/C14H6F5NS2/c15-9-6(10(16)12(18)13(19)11(9)17)5-21-14-20-7-3-1-2-4-8(7)22-14/h1-4H,5H2. The molecule has 0 aliphatic heterocycles. The molecule has 0 saturated heterocycles. The number of para-hydroxylation sites is 1. The average molecular weight is 347 g/mol. The minimum absolute atomic E-state index is 0.397. The monoisotopic (exact) mass is 347 g/mol. The molecule has 0 aliphatic carbocycles. The second-order valence-corrected chi connectivity index (χ2v) is 6.54. The van der Waals surface area contributed by atoms with Gasteiger partial charge in [0.1, 0.15) is 0 Å². The molecular weight excluding hydrogens is 341 g/mol. The molecule has 1 aromatic heterocycles. The third kappa shape index (κ3) is 2.56. The molecule has 0 bridgehead atoms. The van der Waals surface area contributed by atoms with E-state index in [0.29, 0.717) is 9.86 Å². The first-order valence-electron chi connectivity index (χ1n) is 5.97. The maximum Gasteiger partial charge on any atom is 0.200 e. The normalized spacial score (nSPS) is 11.3. The number of halogens is 5. The SMILES string of the molecule is Fc1c(F)c(F)c(CSc2nc3ccccc3s2)c(F)c1F. The molecule has 2 aromatic carbocycles. The number of aromatic nitrogens is 1. The lowest BCUT2D eigenvalue weighted by Gasteiger charge is -2.06. The van der Waals surface area contributed by atoms with Crippen LogP contribution in [0.25, 0.3) is 10.2 Å². The summed E-state index contributed by atoms with van der Waals surface area (Å²) in [6.45, 7) is 0. The van der Waals surface area contributed by atoms with Crippen molar-refractivity contribution in [2.75, 3.05) is 0 Å². The average Bonchev–Trinajstić information content (AvgIpc) is 2.94. The molecule has 3 aromatic rings. The van der Waals surface area contributed by atoms with Crippen LogP contribution in [0, 0.1) is 29.1 Å². The Balaban J connectivity index is 1.90. The Morgan fingerprint density at radius 1 is 0.864 bits per heavy atom. The zero-order chi connectivity index (χ0) is 15.9. The summed E-state index contributed by atoms with van der Waals surface area (Å²) in [6.07, 6.45) is 0. The maximum atomic E-state index is 13.6. The third-order valence-electron chi connectivity index (χ3n) is 2.91. The molecular formula is C14H6F5NS2. The van der Waals surface area contributed by atoms with E-state index in [0.717, 1.165) is 16.5 Å². The fourth-order valence-corrected chi connectivity index (χ4v) is 3.89. The van der Waals surface area contributed by atoms with E-state index in [-0.39, 0.29) is 0 Å². The lowest BCUT2D eigenvalue weighted by atomic mass is 10.2. The first-order valence-corrected chi connectivity index (χ1v) is 7.78. The van der Waals surface area contributed by atoms with Gasteiger partial charge in [0.25, 0.3) is 0 Å². The summed E-state index contributed by atoms with van der Waals surface area (Å²) in [4.78, 5) is 4.22. The summed E-state index contributed by atoms with van der Waals surface area (Å²) >= 11 is 2.21. The molecule has 0 saturated carbocycles. The number of fused-ring (bicyclic) bond motifs is 1. The van der Waals surface area contributed by atoms with Crippen molar-refractivity contribution >= 4 is 33.3 Å². The zero-order valence-corrected chi connectivity index (χ0v) is 12.3. The highest BCUT2D eigenvalue weighted by Crippen LogP contribution is 2.33. The molecule has 0 N–H and O–H groups in total. The third-order valence-corrected chi connectivity index (χ3v) is 5.12. The predicted molar refractivity (Wildman–Crippen MR) is 75.4 cm³/mol. The van der Waals surface area contributed by atoms with Crippen molar-refractivity contribution in [2.45, 2.75) is 10.1 Å². The Morgan fingerprint density at radius 2 is 1.45 bits per heavy atom. The number of nitrogens with zero attached hydrogens (tertiary/aromatic N) is 1. The number of thiazole rings is 1. The summed E-state index contributed by atoms with van der Waals surface area (Å²) < 4.78 is 67.7. The Morgan fingerprint density at radius 3 is 2.09 bits per heavy atom. The number of thioether (sulfide) groups is 1. The van der Waals surface area contributed by atoms with Crippen LogP contribution in [0.2, 0.25) is 0 Å². The van der Waals surface area contributed by atoms with Gasteiger partial charge in [-0.3, -0.25) is 0 Å². The van der Waals surface area contributed by atoms with Crippen molar-refractivity contribution in [3.8, 4) is 0 Å². The summed E-state index contributed by atoms with van der Waals surface area (Å²) in [5.41, 5.74) is -0.131. The predicted octanol–water partition coefficient (Wildman–Crippen LogP) is 5.28. The molecule has 0 unspecified atom stereocenters. The summed E-state index contributed by atoms with van der Waals surface area (Å²) in [5.74, 6) is -10.0. The quantitative estimate of drug-likeness (QED) is 0.277. The molecule has 0 fully saturated rings. The molecule has 0 spiro atoms. The smallest absolute Gasteiger partial charge is 0.200 e. The maximum absolute atomic E-state index is 13.6. The largest absolute Gasteiger partial charge is 0.230 e. The van der Waals surface area contributed by atoms with Crippen LogP contribution < -0.4 is 0 Å². The highest BCUT2D eigenvalue weighted by atomic mass is 32.2. The van der Waals surface area contributed by atoms with Crippen molar-refractivity contribution in [3.05, 3.63) is 58.9 Å². The van der Waals surface area contributed by atoms with E-state index in [9.17, 15) is 22.0 Å². The Kier molecular flexibility index (Phi) is 4.05. The van der Waals surface area contributed by atoms with Gasteiger partial charge < -0.3 is 0 Å². The molecule has 0 radical (unpaired) electrons. The number of benzene rings is 2. The molecule has 22 heavy (non-hydrogen) atoms. The minimum Gasteiger partial charge on any atom is -0.230 e. The van der Waals surface area contributed by atoms with E-state index < -0.39 is 40.4 Å². The highest BCUT2D eigenvalue weighted by Gasteiger charge is 2.25. The van der Waals surface area contributed by atoms with E-state index in [1.165, 1.54) is 11.3 Å². The molecule has 0 atom stereocenters. The van der Waals surface area contributed by atoms with E-state index in [1.807, 2.05) is 12.1 Å². The number of hydrogen-bond donors (Lipinski definition) is 0. The van der Waals surface area contributed by atoms with Gasteiger partial charge in [0.2, 0.25) is 5.82 Å². The van der Waals surface area contributed by atoms with E-state index in [1.54, 1.807) is 12.1 Å². The first-order chi connectivity index (χ1) is 10.5. The van der Waals surface area contributed by atoms with Crippen molar-refractivity contribution in [3.63, 3.8) is 0 Å². The second-order valence-electron chi connectivity index (χ2n) is 4.28. The number of hydrogen-bond acceptors (Lipinski definition) is 3. The van der Waals surface area contributed by atoms with Crippen LogP contribution in [0.4, 0.5) is 22.0 Å². The number of rotatable bonds is 3. The fraction of sp³-hybridized carbons (Fsp3) is 0.0714. The van der Waals surface area contributed by atoms with Crippen LogP contribution in [0.3, 0.4) is 0 Å². The zero-order valence-electron chi connectivity index (χ0n) is 10.7. The molecule has 8 heteroatoms. The summed E-state index contributed by atoms with van der Waals surface area (Å²) in [7, 11) is 0. The molecule has 114 valence electrons. The van der Waals surface area contributed by atoms with E-state index in [2.05, 4.69) is 4.98 Å². The van der Waals surface area contributed by atoms with Crippen molar-refractivity contribution in [1.29, 1.82) is 0 Å². The van der Waals surface area contributed by atoms with Gasteiger partial charge in [-0.1, -0.05) is 23.9 Å². The second kappa shape index (κ2) is 5.85. The lowest BCUT2D eigenvalue weighted by molar-refractivity contribution is 0.372. The molecule has 1 nitrogen and oxygen atoms in total. The van der Waals surface area contributed by atoms with Crippen LogP contribution in [-0.2, 0) is 5.75 Å². The Bertz CT molecular complexity index is 800. The highest BCUT2D eigenvalue weighted by molar-refractivity contribution is 8.00. The van der Waals surface area contributed by atoms with Gasteiger partial charge in [-0.25, -0.2) is 26.9 Å². The van der Waals surface area contributed by atoms with Crippen LogP contribution in [-0.4, -0.2) is 4.98 Å². The van der Waals surface area contributed by atoms with Gasteiger partial charge in [-0.15, -0.1) is 11.3 Å². The molecule has 3 rings (SSSR count). The van der Waals surface area contributed by atoms with Gasteiger partial charge in [0, 0.05) is 11.3 Å². The van der Waals surface area contributed by atoms with Crippen molar-refractivity contribution in [2.24, 2.45) is 0 Å². The van der Waals surface area contributed by atoms with Crippen LogP contribution in [0.15, 0.2) is 28.6 Å². The Hall–Kier alpha value is -1.67. The van der Waals surface area contributed by atoms with Crippen LogP contribution in [0.5, 0.6) is 0 Å². The van der Waals surface area contributed by atoms with Gasteiger partial charge in [0.05, 0.1) is 10.2 Å².